The van der Waals surface area contributed by atoms with Crippen molar-refractivity contribution < 1.29 is 19.4 Å². The first-order chi connectivity index (χ1) is 8.65. The van der Waals surface area contributed by atoms with Crippen molar-refractivity contribution in [2.75, 3.05) is 19.7 Å². The van der Waals surface area contributed by atoms with E-state index < -0.39 is 5.97 Å². The molecule has 1 aliphatic carbocycles. The SMILES string of the molecule is O=C(O)CC(NC(=O)CC1CNCCO1)C1CC1. The highest BCUT2D eigenvalue weighted by Gasteiger charge is 2.34. The number of carbonyl (C=O) groups excluding carboxylic acids is 1. The van der Waals surface area contributed by atoms with Gasteiger partial charge < -0.3 is 20.5 Å². The van der Waals surface area contributed by atoms with E-state index in [-0.39, 0.29) is 24.5 Å². The predicted molar refractivity (Wildman–Crippen MR) is 64.1 cm³/mol. The first-order valence-corrected chi connectivity index (χ1v) is 6.48. The fourth-order valence-electron chi connectivity index (χ4n) is 2.25. The fraction of sp³-hybridized carbons (Fsp3) is 0.833. The number of hydrogen-bond donors (Lipinski definition) is 3. The molecule has 0 aromatic carbocycles. The summed E-state index contributed by atoms with van der Waals surface area (Å²) in [6.45, 7) is 2.13. The number of carbonyl (C=O) groups is 2. The number of carboxylic acids is 1. The van der Waals surface area contributed by atoms with Crippen molar-refractivity contribution in [1.29, 1.82) is 0 Å². The Labute approximate surface area is 106 Å². The monoisotopic (exact) mass is 256 g/mol. The third kappa shape index (κ3) is 4.27. The van der Waals surface area contributed by atoms with E-state index in [2.05, 4.69) is 10.6 Å². The molecule has 0 aromatic rings. The summed E-state index contributed by atoms with van der Waals surface area (Å²) in [7, 11) is 0. The molecule has 102 valence electrons. The molecule has 2 rings (SSSR count). The van der Waals surface area contributed by atoms with Gasteiger partial charge in [-0.1, -0.05) is 0 Å². The van der Waals surface area contributed by atoms with Crippen LogP contribution < -0.4 is 10.6 Å². The van der Waals surface area contributed by atoms with Crippen LogP contribution >= 0.6 is 0 Å². The van der Waals surface area contributed by atoms with Crippen molar-refractivity contribution in [2.45, 2.75) is 37.8 Å². The lowest BCUT2D eigenvalue weighted by Gasteiger charge is -2.24. The van der Waals surface area contributed by atoms with Crippen molar-refractivity contribution >= 4 is 11.9 Å². The van der Waals surface area contributed by atoms with Gasteiger partial charge in [0.05, 0.1) is 25.6 Å². The number of nitrogens with one attached hydrogen (secondary N) is 2. The molecule has 3 N–H and O–H groups in total. The summed E-state index contributed by atoms with van der Waals surface area (Å²) in [6, 6.07) is -0.216. The molecule has 0 aromatic heterocycles. The summed E-state index contributed by atoms with van der Waals surface area (Å²) in [5, 5.41) is 14.8. The van der Waals surface area contributed by atoms with Crippen LogP contribution in [0, 0.1) is 5.92 Å². The van der Waals surface area contributed by atoms with E-state index in [1.54, 1.807) is 0 Å². The van der Waals surface area contributed by atoms with Gasteiger partial charge in [0.15, 0.2) is 0 Å². The first kappa shape index (κ1) is 13.3. The third-order valence-electron chi connectivity index (χ3n) is 3.35. The topological polar surface area (TPSA) is 87.7 Å². The van der Waals surface area contributed by atoms with Crippen LogP contribution in [-0.4, -0.2) is 48.8 Å². The van der Waals surface area contributed by atoms with E-state index in [4.69, 9.17) is 9.84 Å². The number of aliphatic carboxylic acids is 1. The molecule has 0 bridgehead atoms. The second kappa shape index (κ2) is 6.15. The molecule has 1 heterocycles. The quantitative estimate of drug-likeness (QED) is 0.609. The Kier molecular flexibility index (Phi) is 4.54. The molecule has 2 aliphatic rings. The Morgan fingerprint density at radius 1 is 1.44 bits per heavy atom. The zero-order valence-corrected chi connectivity index (χ0v) is 10.4. The van der Waals surface area contributed by atoms with Gasteiger partial charge in [-0.05, 0) is 18.8 Å². The Morgan fingerprint density at radius 2 is 2.22 bits per heavy atom. The maximum atomic E-state index is 11.8. The Hall–Kier alpha value is -1.14. The summed E-state index contributed by atoms with van der Waals surface area (Å²) in [6.07, 6.45) is 2.25. The number of rotatable bonds is 6. The summed E-state index contributed by atoms with van der Waals surface area (Å²) >= 11 is 0. The van der Waals surface area contributed by atoms with Gasteiger partial charge in [0, 0.05) is 19.1 Å². The summed E-state index contributed by atoms with van der Waals surface area (Å²) in [5.74, 6) is -0.625. The molecule has 1 saturated carbocycles. The molecule has 2 fully saturated rings. The van der Waals surface area contributed by atoms with Gasteiger partial charge in [0.1, 0.15) is 0 Å². The van der Waals surface area contributed by atoms with Gasteiger partial charge in [-0.15, -0.1) is 0 Å². The zero-order chi connectivity index (χ0) is 13.0. The van der Waals surface area contributed by atoms with Crippen LogP contribution in [0.5, 0.6) is 0 Å². The van der Waals surface area contributed by atoms with Crippen LogP contribution in [0.1, 0.15) is 25.7 Å². The fourth-order valence-corrected chi connectivity index (χ4v) is 2.25. The number of carboxylic acid groups (broad SMARTS) is 1. The van der Waals surface area contributed by atoms with Gasteiger partial charge in [0.2, 0.25) is 5.91 Å². The Morgan fingerprint density at radius 3 is 2.78 bits per heavy atom. The Balaban J connectivity index is 1.75. The largest absolute Gasteiger partial charge is 0.481 e. The van der Waals surface area contributed by atoms with Gasteiger partial charge in [-0.3, -0.25) is 9.59 Å². The predicted octanol–water partition coefficient (Wildman–Crippen LogP) is -0.266. The van der Waals surface area contributed by atoms with E-state index in [0.29, 0.717) is 25.5 Å². The lowest BCUT2D eigenvalue weighted by atomic mass is 10.1. The highest BCUT2D eigenvalue weighted by atomic mass is 16.5. The van der Waals surface area contributed by atoms with Crippen molar-refractivity contribution in [3.8, 4) is 0 Å². The molecule has 18 heavy (non-hydrogen) atoms. The van der Waals surface area contributed by atoms with Gasteiger partial charge >= 0.3 is 5.97 Å². The molecule has 0 spiro atoms. The van der Waals surface area contributed by atoms with Crippen molar-refractivity contribution in [3.05, 3.63) is 0 Å². The highest BCUT2D eigenvalue weighted by molar-refractivity contribution is 5.78. The molecule has 1 saturated heterocycles. The summed E-state index contributed by atoms with van der Waals surface area (Å²) < 4.78 is 5.45. The summed E-state index contributed by atoms with van der Waals surface area (Å²) in [5.41, 5.74) is 0. The first-order valence-electron chi connectivity index (χ1n) is 6.48. The van der Waals surface area contributed by atoms with Crippen LogP contribution in [0.2, 0.25) is 0 Å². The number of ether oxygens (including phenoxy) is 1. The number of amides is 1. The molecule has 1 aliphatic heterocycles. The molecule has 6 nitrogen and oxygen atoms in total. The molecular weight excluding hydrogens is 236 g/mol. The van der Waals surface area contributed by atoms with Crippen molar-refractivity contribution in [1.82, 2.24) is 10.6 Å². The number of morpholine rings is 1. The normalized spacial score (nSPS) is 25.4. The summed E-state index contributed by atoms with van der Waals surface area (Å²) in [4.78, 5) is 22.6. The minimum atomic E-state index is -0.859. The minimum Gasteiger partial charge on any atom is -0.481 e. The minimum absolute atomic E-state index is 0.0141. The average Bonchev–Trinajstić information content (AvgIpc) is 3.12. The van der Waals surface area contributed by atoms with Gasteiger partial charge in [-0.25, -0.2) is 0 Å². The van der Waals surface area contributed by atoms with Crippen LogP contribution in [0.25, 0.3) is 0 Å². The van der Waals surface area contributed by atoms with E-state index >= 15 is 0 Å². The highest BCUT2D eigenvalue weighted by Crippen LogP contribution is 2.34. The standard InChI is InChI=1S/C12H20N2O4/c15-11(5-9-7-13-3-4-18-9)14-10(6-12(16)17)8-1-2-8/h8-10,13H,1-7H2,(H,14,15)(H,16,17). The van der Waals surface area contributed by atoms with Gasteiger partial charge in [-0.2, -0.15) is 0 Å². The average molecular weight is 256 g/mol. The second-order valence-electron chi connectivity index (χ2n) is 5.01. The smallest absolute Gasteiger partial charge is 0.305 e. The van der Waals surface area contributed by atoms with Crippen molar-refractivity contribution in [3.63, 3.8) is 0 Å². The lowest BCUT2D eigenvalue weighted by molar-refractivity contribution is -0.138. The third-order valence-corrected chi connectivity index (χ3v) is 3.35. The molecule has 2 atom stereocenters. The van der Waals surface area contributed by atoms with Crippen molar-refractivity contribution in [2.24, 2.45) is 5.92 Å². The van der Waals surface area contributed by atoms with Crippen LogP contribution in [0.3, 0.4) is 0 Å². The number of hydrogen-bond acceptors (Lipinski definition) is 4. The molecule has 6 heteroatoms. The molecular formula is C12H20N2O4. The Bertz CT molecular complexity index is 311. The van der Waals surface area contributed by atoms with E-state index in [1.807, 2.05) is 0 Å². The lowest BCUT2D eigenvalue weighted by Crippen LogP contribution is -2.44. The maximum absolute atomic E-state index is 11.8. The van der Waals surface area contributed by atoms with Gasteiger partial charge in [0.25, 0.3) is 0 Å². The molecule has 2 unspecified atom stereocenters. The van der Waals surface area contributed by atoms with E-state index in [0.717, 1.165) is 19.4 Å². The zero-order valence-electron chi connectivity index (χ0n) is 10.4. The van der Waals surface area contributed by atoms with Crippen LogP contribution in [-0.2, 0) is 14.3 Å². The second-order valence-corrected chi connectivity index (χ2v) is 5.01. The van der Waals surface area contributed by atoms with Crippen LogP contribution in [0.15, 0.2) is 0 Å². The molecule has 1 amide bonds. The van der Waals surface area contributed by atoms with E-state index in [9.17, 15) is 9.59 Å². The van der Waals surface area contributed by atoms with E-state index in [1.165, 1.54) is 0 Å². The molecule has 0 radical (unpaired) electrons. The van der Waals surface area contributed by atoms with Crippen LogP contribution in [0.4, 0.5) is 0 Å². The maximum Gasteiger partial charge on any atom is 0.305 e.